The van der Waals surface area contributed by atoms with Gasteiger partial charge in [-0.2, -0.15) is 0 Å². The lowest BCUT2D eigenvalue weighted by Crippen LogP contribution is -2.33. The number of hydrogen-bond acceptors (Lipinski definition) is 4. The van der Waals surface area contributed by atoms with Crippen molar-refractivity contribution in [1.82, 2.24) is 9.88 Å². The summed E-state index contributed by atoms with van der Waals surface area (Å²) in [4.78, 5) is 17.9. The van der Waals surface area contributed by atoms with Gasteiger partial charge in [0.15, 0.2) is 0 Å². The van der Waals surface area contributed by atoms with E-state index in [0.717, 1.165) is 17.7 Å². The molecule has 1 aliphatic heterocycles. The van der Waals surface area contributed by atoms with Crippen LogP contribution >= 0.6 is 0 Å². The van der Waals surface area contributed by atoms with Crippen LogP contribution in [-0.2, 0) is 16.1 Å². The lowest BCUT2D eigenvalue weighted by Gasteiger charge is -2.17. The standard InChI is InChI=1S/C18H20N2O3/c21-18(14-22-13-15-4-2-1-3-5-15)20-11-8-17(12-20)23-16-6-9-19-10-7-16/h1-7,9-10,17H,8,11-14H2/t17-/m1/s1. The molecule has 0 bridgehead atoms. The molecule has 0 saturated carbocycles. The fourth-order valence-corrected chi connectivity index (χ4v) is 2.58. The second-order valence-electron chi connectivity index (χ2n) is 5.53. The van der Waals surface area contributed by atoms with Gasteiger partial charge in [0.2, 0.25) is 5.91 Å². The number of ether oxygens (including phenoxy) is 2. The molecule has 1 aliphatic rings. The molecule has 1 fully saturated rings. The Hall–Kier alpha value is -2.40. The SMILES string of the molecule is O=C(COCc1ccccc1)N1CC[C@@H](Oc2ccncc2)C1. The van der Waals surface area contributed by atoms with Crippen LogP contribution in [0.3, 0.4) is 0 Å². The first-order chi connectivity index (χ1) is 11.3. The minimum absolute atomic E-state index is 0.0155. The van der Waals surface area contributed by atoms with Crippen LogP contribution in [0.25, 0.3) is 0 Å². The molecule has 2 aromatic rings. The number of nitrogens with zero attached hydrogens (tertiary/aromatic N) is 2. The summed E-state index contributed by atoms with van der Waals surface area (Å²) in [7, 11) is 0. The average molecular weight is 312 g/mol. The van der Waals surface area contributed by atoms with Crippen molar-refractivity contribution in [3.63, 3.8) is 0 Å². The van der Waals surface area contributed by atoms with Gasteiger partial charge in [-0.15, -0.1) is 0 Å². The van der Waals surface area contributed by atoms with E-state index < -0.39 is 0 Å². The number of benzene rings is 1. The molecule has 1 aromatic carbocycles. The highest BCUT2D eigenvalue weighted by Crippen LogP contribution is 2.17. The summed E-state index contributed by atoms with van der Waals surface area (Å²) >= 11 is 0. The van der Waals surface area contributed by atoms with Crippen LogP contribution in [0, 0.1) is 0 Å². The fourth-order valence-electron chi connectivity index (χ4n) is 2.58. The van der Waals surface area contributed by atoms with Crippen LogP contribution in [0.5, 0.6) is 5.75 Å². The number of hydrogen-bond donors (Lipinski definition) is 0. The Balaban J connectivity index is 1.41. The Morgan fingerprint density at radius 1 is 1.17 bits per heavy atom. The topological polar surface area (TPSA) is 51.7 Å². The number of rotatable bonds is 6. The van der Waals surface area contributed by atoms with Gasteiger partial charge in [0.05, 0.1) is 13.2 Å². The zero-order valence-corrected chi connectivity index (χ0v) is 12.9. The van der Waals surface area contributed by atoms with Gasteiger partial charge in [-0.1, -0.05) is 30.3 Å². The Kier molecular flexibility index (Phi) is 5.21. The van der Waals surface area contributed by atoms with Crippen molar-refractivity contribution < 1.29 is 14.3 Å². The van der Waals surface area contributed by atoms with Crippen molar-refractivity contribution >= 4 is 5.91 Å². The summed E-state index contributed by atoms with van der Waals surface area (Å²) in [5.41, 5.74) is 1.07. The van der Waals surface area contributed by atoms with Gasteiger partial charge < -0.3 is 14.4 Å². The second-order valence-corrected chi connectivity index (χ2v) is 5.53. The van der Waals surface area contributed by atoms with Gasteiger partial charge in [-0.05, 0) is 17.7 Å². The molecule has 3 rings (SSSR count). The molecule has 0 N–H and O–H groups in total. The molecule has 5 heteroatoms. The Bertz CT molecular complexity index is 619. The molecule has 1 atom stereocenters. The van der Waals surface area contributed by atoms with Crippen molar-refractivity contribution in [3.05, 3.63) is 60.4 Å². The number of carbonyl (C=O) groups is 1. The molecule has 5 nitrogen and oxygen atoms in total. The van der Waals surface area contributed by atoms with E-state index in [0.29, 0.717) is 19.7 Å². The lowest BCUT2D eigenvalue weighted by molar-refractivity contribution is -0.135. The zero-order chi connectivity index (χ0) is 15.9. The van der Waals surface area contributed by atoms with E-state index in [1.54, 1.807) is 17.3 Å². The summed E-state index contributed by atoms with van der Waals surface area (Å²) in [5, 5.41) is 0. The normalized spacial score (nSPS) is 17.2. The maximum atomic E-state index is 12.2. The Morgan fingerprint density at radius 3 is 2.74 bits per heavy atom. The minimum Gasteiger partial charge on any atom is -0.488 e. The summed E-state index contributed by atoms with van der Waals surface area (Å²) in [6, 6.07) is 13.5. The highest BCUT2D eigenvalue weighted by molar-refractivity contribution is 5.77. The first kappa shape index (κ1) is 15.5. The molecule has 0 unspecified atom stereocenters. The lowest BCUT2D eigenvalue weighted by atomic mass is 10.2. The van der Waals surface area contributed by atoms with E-state index in [4.69, 9.17) is 9.47 Å². The maximum absolute atomic E-state index is 12.2. The summed E-state index contributed by atoms with van der Waals surface area (Å²) in [5.74, 6) is 0.807. The highest BCUT2D eigenvalue weighted by atomic mass is 16.5. The van der Waals surface area contributed by atoms with Crippen molar-refractivity contribution in [2.24, 2.45) is 0 Å². The molecule has 2 heterocycles. The molecular weight excluding hydrogens is 292 g/mol. The molecule has 1 saturated heterocycles. The van der Waals surface area contributed by atoms with Crippen molar-refractivity contribution in [2.45, 2.75) is 19.1 Å². The van der Waals surface area contributed by atoms with E-state index >= 15 is 0 Å². The number of amides is 1. The second kappa shape index (κ2) is 7.74. The highest BCUT2D eigenvalue weighted by Gasteiger charge is 2.27. The molecule has 1 amide bonds. The van der Waals surface area contributed by atoms with E-state index in [-0.39, 0.29) is 18.6 Å². The van der Waals surface area contributed by atoms with E-state index in [9.17, 15) is 4.79 Å². The van der Waals surface area contributed by atoms with Crippen LogP contribution in [-0.4, -0.2) is 41.6 Å². The number of carbonyl (C=O) groups excluding carboxylic acids is 1. The number of aromatic nitrogens is 1. The van der Waals surface area contributed by atoms with Crippen molar-refractivity contribution in [3.8, 4) is 5.75 Å². The Morgan fingerprint density at radius 2 is 1.96 bits per heavy atom. The summed E-state index contributed by atoms with van der Waals surface area (Å²) in [6.07, 6.45) is 4.28. The molecule has 0 aliphatic carbocycles. The smallest absolute Gasteiger partial charge is 0.248 e. The zero-order valence-electron chi connectivity index (χ0n) is 12.9. The average Bonchev–Trinajstić information content (AvgIpc) is 3.05. The summed E-state index contributed by atoms with van der Waals surface area (Å²) < 4.78 is 11.4. The predicted molar refractivity (Wildman–Crippen MR) is 85.9 cm³/mol. The third kappa shape index (κ3) is 4.53. The predicted octanol–water partition coefficient (Wildman–Crippen LogP) is 2.28. The first-order valence-corrected chi connectivity index (χ1v) is 7.77. The van der Waals surface area contributed by atoms with E-state index in [1.165, 1.54) is 0 Å². The van der Waals surface area contributed by atoms with Crippen LogP contribution in [0.4, 0.5) is 0 Å². The molecule has 1 aromatic heterocycles. The van der Waals surface area contributed by atoms with Gasteiger partial charge in [0, 0.05) is 25.4 Å². The molecule has 120 valence electrons. The van der Waals surface area contributed by atoms with Gasteiger partial charge in [0.1, 0.15) is 18.5 Å². The maximum Gasteiger partial charge on any atom is 0.248 e. The third-order valence-corrected chi connectivity index (χ3v) is 3.79. The quantitative estimate of drug-likeness (QED) is 0.821. The molecular formula is C18H20N2O3. The van der Waals surface area contributed by atoms with Gasteiger partial charge >= 0.3 is 0 Å². The summed E-state index contributed by atoms with van der Waals surface area (Å²) in [6.45, 7) is 1.88. The van der Waals surface area contributed by atoms with Crippen molar-refractivity contribution in [2.75, 3.05) is 19.7 Å². The minimum atomic E-state index is 0.0155. The molecule has 0 radical (unpaired) electrons. The first-order valence-electron chi connectivity index (χ1n) is 7.77. The van der Waals surface area contributed by atoms with Crippen molar-refractivity contribution in [1.29, 1.82) is 0 Å². The van der Waals surface area contributed by atoms with Gasteiger partial charge in [0.25, 0.3) is 0 Å². The van der Waals surface area contributed by atoms with Crippen LogP contribution in [0.15, 0.2) is 54.9 Å². The molecule has 23 heavy (non-hydrogen) atoms. The molecule has 0 spiro atoms. The van der Waals surface area contributed by atoms with Gasteiger partial charge in [-0.3, -0.25) is 9.78 Å². The number of likely N-dealkylation sites (tertiary alicyclic amines) is 1. The largest absolute Gasteiger partial charge is 0.488 e. The van der Waals surface area contributed by atoms with Crippen LogP contribution in [0.2, 0.25) is 0 Å². The number of pyridine rings is 1. The van der Waals surface area contributed by atoms with Gasteiger partial charge in [-0.25, -0.2) is 0 Å². The van der Waals surface area contributed by atoms with E-state index in [1.807, 2.05) is 42.5 Å². The monoisotopic (exact) mass is 312 g/mol. The fraction of sp³-hybridized carbons (Fsp3) is 0.333. The van der Waals surface area contributed by atoms with E-state index in [2.05, 4.69) is 4.98 Å². The van der Waals surface area contributed by atoms with Crippen LogP contribution in [0.1, 0.15) is 12.0 Å². The van der Waals surface area contributed by atoms with Crippen LogP contribution < -0.4 is 4.74 Å². The third-order valence-electron chi connectivity index (χ3n) is 3.79. The Labute approximate surface area is 135 Å².